The summed E-state index contributed by atoms with van der Waals surface area (Å²) in [7, 11) is 1.74. The van der Waals surface area contributed by atoms with Gasteiger partial charge >= 0.3 is 0 Å². The Bertz CT molecular complexity index is 648. The number of nitrogens with one attached hydrogen (secondary N) is 1. The molecule has 1 aromatic carbocycles. The number of hydrogen-bond acceptors (Lipinski definition) is 3. The van der Waals surface area contributed by atoms with E-state index in [1.807, 2.05) is 6.92 Å². The molecule has 0 unspecified atom stereocenters. The van der Waals surface area contributed by atoms with Gasteiger partial charge in [0.05, 0.1) is 17.1 Å². The van der Waals surface area contributed by atoms with E-state index in [1.165, 1.54) is 12.1 Å². The number of carbonyl (C=O) groups is 1. The third-order valence-corrected chi connectivity index (χ3v) is 3.40. The quantitative estimate of drug-likeness (QED) is 0.943. The minimum Gasteiger partial charge on any atom is -0.376 e. The molecule has 0 aliphatic rings. The molecule has 0 aliphatic heterocycles. The van der Waals surface area contributed by atoms with E-state index < -0.39 is 5.82 Å². The minimum absolute atomic E-state index is 0.0225. The molecule has 4 nitrogen and oxygen atoms in total. The molecule has 0 radical (unpaired) electrons. The summed E-state index contributed by atoms with van der Waals surface area (Å²) in [6.07, 6.45) is 1.56. The van der Waals surface area contributed by atoms with Gasteiger partial charge in [-0.1, -0.05) is 11.6 Å². The standard InChI is InChI=1S/C14H15ClFN3O/c1-3-19(2)14(20)8-18-12-4-5-17-13-7-11(16)10(15)6-9(12)13/h4-7H,3,8H2,1-2H3,(H,17,18). The topological polar surface area (TPSA) is 45.2 Å². The van der Waals surface area contributed by atoms with Gasteiger partial charge in [0, 0.05) is 36.9 Å². The largest absolute Gasteiger partial charge is 0.376 e. The molecule has 0 saturated heterocycles. The number of halogens is 2. The zero-order chi connectivity index (χ0) is 14.7. The average Bonchev–Trinajstić information content (AvgIpc) is 2.45. The van der Waals surface area contributed by atoms with Crippen molar-refractivity contribution in [1.82, 2.24) is 9.88 Å². The van der Waals surface area contributed by atoms with Crippen LogP contribution in [0.1, 0.15) is 6.92 Å². The Kier molecular flexibility index (Phi) is 4.39. The Morgan fingerprint density at radius 2 is 2.25 bits per heavy atom. The highest BCUT2D eigenvalue weighted by atomic mass is 35.5. The predicted octanol–water partition coefficient (Wildman–Crippen LogP) is 2.92. The second-order valence-corrected chi connectivity index (χ2v) is 4.81. The fourth-order valence-electron chi connectivity index (χ4n) is 1.78. The van der Waals surface area contributed by atoms with Crippen LogP contribution in [0.25, 0.3) is 10.9 Å². The summed E-state index contributed by atoms with van der Waals surface area (Å²) in [5, 5.41) is 3.76. The van der Waals surface area contributed by atoms with Gasteiger partial charge in [0.25, 0.3) is 0 Å². The van der Waals surface area contributed by atoms with E-state index in [2.05, 4.69) is 10.3 Å². The highest BCUT2D eigenvalue weighted by molar-refractivity contribution is 6.31. The number of aromatic nitrogens is 1. The van der Waals surface area contributed by atoms with Crippen LogP contribution in [0.15, 0.2) is 24.4 Å². The molecule has 1 N–H and O–H groups in total. The summed E-state index contributed by atoms with van der Waals surface area (Å²) < 4.78 is 13.4. The van der Waals surface area contributed by atoms with Gasteiger partial charge in [0.15, 0.2) is 0 Å². The third-order valence-electron chi connectivity index (χ3n) is 3.11. The van der Waals surface area contributed by atoms with E-state index >= 15 is 0 Å². The van der Waals surface area contributed by atoms with Crippen molar-refractivity contribution >= 4 is 34.1 Å². The molecule has 1 aromatic heterocycles. The Labute approximate surface area is 121 Å². The number of amides is 1. The van der Waals surface area contributed by atoms with Crippen molar-refractivity contribution in [3.63, 3.8) is 0 Å². The van der Waals surface area contributed by atoms with Crippen molar-refractivity contribution in [1.29, 1.82) is 0 Å². The van der Waals surface area contributed by atoms with Crippen LogP contribution in [0.4, 0.5) is 10.1 Å². The van der Waals surface area contributed by atoms with Crippen LogP contribution in [0.3, 0.4) is 0 Å². The number of nitrogens with zero attached hydrogens (tertiary/aromatic N) is 2. The zero-order valence-electron chi connectivity index (χ0n) is 11.3. The Morgan fingerprint density at radius 1 is 1.50 bits per heavy atom. The number of benzene rings is 1. The number of hydrogen-bond donors (Lipinski definition) is 1. The number of anilines is 1. The molecule has 2 aromatic rings. The Hall–Kier alpha value is -1.88. The monoisotopic (exact) mass is 295 g/mol. The summed E-state index contributed by atoms with van der Waals surface area (Å²) in [6.45, 7) is 2.72. The first kappa shape index (κ1) is 14.5. The van der Waals surface area contributed by atoms with Crippen molar-refractivity contribution in [2.24, 2.45) is 0 Å². The molecule has 0 aliphatic carbocycles. The van der Waals surface area contributed by atoms with Gasteiger partial charge < -0.3 is 10.2 Å². The lowest BCUT2D eigenvalue weighted by atomic mass is 10.2. The maximum atomic E-state index is 13.4. The maximum Gasteiger partial charge on any atom is 0.241 e. The normalized spacial score (nSPS) is 10.6. The Morgan fingerprint density at radius 3 is 2.95 bits per heavy atom. The van der Waals surface area contributed by atoms with Crippen LogP contribution >= 0.6 is 11.6 Å². The molecule has 0 saturated carbocycles. The van der Waals surface area contributed by atoms with Crippen molar-refractivity contribution in [3.05, 3.63) is 35.2 Å². The van der Waals surface area contributed by atoms with Crippen molar-refractivity contribution in [2.45, 2.75) is 6.92 Å². The van der Waals surface area contributed by atoms with Gasteiger partial charge in [-0.15, -0.1) is 0 Å². The van der Waals surface area contributed by atoms with Gasteiger partial charge in [-0.2, -0.15) is 0 Å². The van der Waals surface area contributed by atoms with Crippen LogP contribution in [0, 0.1) is 5.82 Å². The summed E-state index contributed by atoms with van der Waals surface area (Å²) >= 11 is 5.79. The lowest BCUT2D eigenvalue weighted by molar-refractivity contribution is -0.127. The summed E-state index contributed by atoms with van der Waals surface area (Å²) in [5.41, 5.74) is 1.20. The molecule has 20 heavy (non-hydrogen) atoms. The van der Waals surface area contributed by atoms with Crippen LogP contribution in [0.5, 0.6) is 0 Å². The molecule has 0 spiro atoms. The van der Waals surface area contributed by atoms with Crippen LogP contribution in [-0.2, 0) is 4.79 Å². The predicted molar refractivity (Wildman–Crippen MR) is 78.5 cm³/mol. The SMILES string of the molecule is CCN(C)C(=O)CNc1ccnc2cc(F)c(Cl)cc12. The van der Waals surface area contributed by atoms with Gasteiger partial charge in [-0.3, -0.25) is 9.78 Å². The van der Waals surface area contributed by atoms with E-state index in [0.717, 1.165) is 0 Å². The summed E-state index contributed by atoms with van der Waals surface area (Å²) in [4.78, 5) is 17.5. The highest BCUT2D eigenvalue weighted by Crippen LogP contribution is 2.27. The molecular weight excluding hydrogens is 281 g/mol. The van der Waals surface area contributed by atoms with E-state index in [0.29, 0.717) is 23.1 Å². The fraction of sp³-hybridized carbons (Fsp3) is 0.286. The maximum absolute atomic E-state index is 13.4. The summed E-state index contributed by atoms with van der Waals surface area (Å²) in [6, 6.07) is 4.52. The first-order valence-corrected chi connectivity index (χ1v) is 6.62. The molecule has 1 amide bonds. The van der Waals surface area contributed by atoms with Crippen molar-refractivity contribution in [2.75, 3.05) is 25.5 Å². The smallest absolute Gasteiger partial charge is 0.241 e. The third kappa shape index (κ3) is 2.99. The highest BCUT2D eigenvalue weighted by Gasteiger charge is 2.10. The molecule has 6 heteroatoms. The number of rotatable bonds is 4. The lowest BCUT2D eigenvalue weighted by Gasteiger charge is -2.16. The second-order valence-electron chi connectivity index (χ2n) is 4.40. The molecule has 106 valence electrons. The molecule has 0 bridgehead atoms. The minimum atomic E-state index is -0.509. The van der Waals surface area contributed by atoms with E-state index in [-0.39, 0.29) is 17.5 Å². The van der Waals surface area contributed by atoms with Crippen molar-refractivity contribution in [3.8, 4) is 0 Å². The molecular formula is C14H15ClFN3O. The van der Waals surface area contributed by atoms with Gasteiger partial charge in [-0.05, 0) is 19.1 Å². The number of fused-ring (bicyclic) bond motifs is 1. The lowest BCUT2D eigenvalue weighted by Crippen LogP contribution is -2.31. The fourth-order valence-corrected chi connectivity index (χ4v) is 1.94. The van der Waals surface area contributed by atoms with E-state index in [4.69, 9.17) is 11.6 Å². The second kappa shape index (κ2) is 6.05. The van der Waals surface area contributed by atoms with Crippen LogP contribution in [0.2, 0.25) is 5.02 Å². The van der Waals surface area contributed by atoms with Crippen LogP contribution in [-0.4, -0.2) is 35.9 Å². The van der Waals surface area contributed by atoms with Crippen LogP contribution < -0.4 is 5.32 Å². The average molecular weight is 296 g/mol. The van der Waals surface area contributed by atoms with E-state index in [1.54, 1.807) is 24.2 Å². The molecule has 0 atom stereocenters. The summed E-state index contributed by atoms with van der Waals surface area (Å²) in [5.74, 6) is -0.531. The molecule has 0 fully saturated rings. The Balaban J connectivity index is 2.26. The number of likely N-dealkylation sites (N-methyl/N-ethyl adjacent to an activating group) is 1. The zero-order valence-corrected chi connectivity index (χ0v) is 12.0. The van der Waals surface area contributed by atoms with Gasteiger partial charge in [0.2, 0.25) is 5.91 Å². The van der Waals surface area contributed by atoms with Crippen molar-refractivity contribution < 1.29 is 9.18 Å². The molecule has 2 rings (SSSR count). The molecule has 1 heterocycles. The number of pyridine rings is 1. The van der Waals surface area contributed by atoms with E-state index in [9.17, 15) is 9.18 Å². The van der Waals surface area contributed by atoms with Gasteiger partial charge in [0.1, 0.15) is 5.82 Å². The number of carbonyl (C=O) groups excluding carboxylic acids is 1. The first-order chi connectivity index (χ1) is 9.52. The van der Waals surface area contributed by atoms with Gasteiger partial charge in [-0.25, -0.2) is 4.39 Å². The first-order valence-electron chi connectivity index (χ1n) is 6.24.